The molecule has 1 aromatic heterocycles. The molecule has 2 amide bonds. The highest BCUT2D eigenvalue weighted by molar-refractivity contribution is 7.99. The van der Waals surface area contributed by atoms with E-state index >= 15 is 0 Å². The van der Waals surface area contributed by atoms with Gasteiger partial charge in [-0.05, 0) is 43.3 Å². The SMILES string of the molecule is C1CSCCN1.Cc1ccc(F)c(C(=O)Nc2cccc(C#Cc3cc(C(N)=O)cnc3N)c2)c1. The van der Waals surface area contributed by atoms with Crippen molar-refractivity contribution in [2.75, 3.05) is 35.6 Å². The Morgan fingerprint density at radius 2 is 1.89 bits per heavy atom. The molecule has 1 aliphatic rings. The Morgan fingerprint density at radius 1 is 1.11 bits per heavy atom. The van der Waals surface area contributed by atoms with Crippen LogP contribution < -0.4 is 22.1 Å². The number of carbonyl (C=O) groups is 2. The minimum absolute atomic E-state index is 0.0383. The van der Waals surface area contributed by atoms with Crippen LogP contribution in [0.3, 0.4) is 0 Å². The molecule has 35 heavy (non-hydrogen) atoms. The van der Waals surface area contributed by atoms with E-state index in [1.165, 1.54) is 49.0 Å². The summed E-state index contributed by atoms with van der Waals surface area (Å²) in [5.41, 5.74) is 13.4. The number of anilines is 2. The molecular formula is C26H26FN5O2S. The molecule has 4 rings (SSSR count). The van der Waals surface area contributed by atoms with E-state index in [0.29, 0.717) is 16.8 Å². The number of carbonyl (C=O) groups excluding carboxylic acids is 2. The highest BCUT2D eigenvalue weighted by atomic mass is 32.2. The number of thioether (sulfide) groups is 1. The summed E-state index contributed by atoms with van der Waals surface area (Å²) in [6, 6.07) is 12.5. The Morgan fingerprint density at radius 3 is 2.54 bits per heavy atom. The van der Waals surface area contributed by atoms with Crippen LogP contribution in [0.5, 0.6) is 0 Å². The molecule has 9 heteroatoms. The molecule has 2 aromatic carbocycles. The van der Waals surface area contributed by atoms with E-state index in [1.54, 1.807) is 37.3 Å². The molecule has 0 aliphatic carbocycles. The second kappa shape index (κ2) is 12.6. The molecule has 1 aliphatic heterocycles. The second-order valence-electron chi connectivity index (χ2n) is 7.65. The van der Waals surface area contributed by atoms with Gasteiger partial charge in [-0.1, -0.05) is 29.5 Å². The van der Waals surface area contributed by atoms with Gasteiger partial charge in [-0.25, -0.2) is 9.37 Å². The lowest BCUT2D eigenvalue weighted by molar-refractivity contribution is 0.0996. The van der Waals surface area contributed by atoms with Gasteiger partial charge in [-0.15, -0.1) is 0 Å². The lowest BCUT2D eigenvalue weighted by Crippen LogP contribution is -2.24. The van der Waals surface area contributed by atoms with Gasteiger partial charge in [0.25, 0.3) is 5.91 Å². The summed E-state index contributed by atoms with van der Waals surface area (Å²) >= 11 is 2.03. The molecule has 0 atom stereocenters. The van der Waals surface area contributed by atoms with E-state index in [4.69, 9.17) is 11.5 Å². The molecule has 1 fully saturated rings. The molecule has 0 unspecified atom stereocenters. The molecular weight excluding hydrogens is 465 g/mol. The maximum atomic E-state index is 13.9. The van der Waals surface area contributed by atoms with Crippen molar-refractivity contribution in [3.63, 3.8) is 0 Å². The molecule has 180 valence electrons. The van der Waals surface area contributed by atoms with E-state index in [9.17, 15) is 14.0 Å². The summed E-state index contributed by atoms with van der Waals surface area (Å²) in [6.07, 6.45) is 1.28. The Labute approximate surface area is 207 Å². The number of hydrogen-bond donors (Lipinski definition) is 4. The topological polar surface area (TPSA) is 123 Å². The molecule has 0 bridgehead atoms. The number of primary amides is 1. The number of hydrogen-bond acceptors (Lipinski definition) is 6. The number of benzene rings is 2. The zero-order chi connectivity index (χ0) is 25.2. The van der Waals surface area contributed by atoms with Gasteiger partial charge >= 0.3 is 0 Å². The molecule has 3 aromatic rings. The molecule has 1 saturated heterocycles. The van der Waals surface area contributed by atoms with Gasteiger partial charge in [0, 0.05) is 42.0 Å². The third-order valence-corrected chi connectivity index (χ3v) is 5.86. The number of halogens is 1. The third-order valence-electron chi connectivity index (χ3n) is 4.88. The van der Waals surface area contributed by atoms with E-state index in [0.717, 1.165) is 5.56 Å². The van der Waals surface area contributed by atoms with Gasteiger partial charge in [0.15, 0.2) is 0 Å². The van der Waals surface area contributed by atoms with Crippen LogP contribution in [0.2, 0.25) is 0 Å². The van der Waals surface area contributed by atoms with Gasteiger partial charge in [-0.2, -0.15) is 11.8 Å². The van der Waals surface area contributed by atoms with E-state index in [2.05, 4.69) is 27.5 Å². The minimum Gasteiger partial charge on any atom is -0.383 e. The maximum Gasteiger partial charge on any atom is 0.258 e. The van der Waals surface area contributed by atoms with Crippen LogP contribution in [0.25, 0.3) is 0 Å². The highest BCUT2D eigenvalue weighted by Crippen LogP contribution is 2.16. The van der Waals surface area contributed by atoms with E-state index in [1.807, 2.05) is 11.8 Å². The number of aryl methyl sites for hydroxylation is 1. The number of nitrogen functional groups attached to an aromatic ring is 1. The first-order chi connectivity index (χ1) is 16.8. The van der Waals surface area contributed by atoms with Crippen LogP contribution in [-0.2, 0) is 0 Å². The lowest BCUT2D eigenvalue weighted by atomic mass is 10.1. The summed E-state index contributed by atoms with van der Waals surface area (Å²) in [5, 5.41) is 5.92. The van der Waals surface area contributed by atoms with Crippen LogP contribution in [-0.4, -0.2) is 41.4 Å². The average Bonchev–Trinajstić information content (AvgIpc) is 2.86. The van der Waals surface area contributed by atoms with Crippen molar-refractivity contribution in [2.45, 2.75) is 6.92 Å². The van der Waals surface area contributed by atoms with Crippen molar-refractivity contribution in [2.24, 2.45) is 5.73 Å². The first-order valence-corrected chi connectivity index (χ1v) is 12.0. The first kappa shape index (κ1) is 25.7. The third kappa shape index (κ3) is 7.84. The Bertz CT molecular complexity index is 1270. The molecule has 2 heterocycles. The summed E-state index contributed by atoms with van der Waals surface area (Å²) in [4.78, 5) is 27.5. The number of nitrogens with two attached hydrogens (primary N) is 2. The molecule has 7 nitrogen and oxygen atoms in total. The number of nitrogens with zero attached hydrogens (tertiary/aromatic N) is 1. The summed E-state index contributed by atoms with van der Waals surface area (Å²) in [5.74, 6) is 6.73. The fourth-order valence-electron chi connectivity index (χ4n) is 3.05. The van der Waals surface area contributed by atoms with Crippen molar-refractivity contribution >= 4 is 35.1 Å². The van der Waals surface area contributed by atoms with Gasteiger partial charge in [0.05, 0.1) is 16.7 Å². The van der Waals surface area contributed by atoms with Crippen molar-refractivity contribution in [3.05, 3.63) is 88.4 Å². The number of aromatic nitrogens is 1. The van der Waals surface area contributed by atoms with Crippen molar-refractivity contribution in [1.82, 2.24) is 10.3 Å². The first-order valence-electron chi connectivity index (χ1n) is 10.9. The molecule has 0 saturated carbocycles. The van der Waals surface area contributed by atoms with Crippen LogP contribution in [0.4, 0.5) is 15.9 Å². The number of pyridine rings is 1. The number of nitrogens with one attached hydrogen (secondary N) is 2. The van der Waals surface area contributed by atoms with Crippen molar-refractivity contribution in [1.29, 1.82) is 0 Å². The van der Waals surface area contributed by atoms with Crippen LogP contribution in [0.15, 0.2) is 54.7 Å². The van der Waals surface area contributed by atoms with Crippen LogP contribution in [0.1, 0.15) is 37.4 Å². The van der Waals surface area contributed by atoms with Crippen molar-refractivity contribution < 1.29 is 14.0 Å². The number of rotatable bonds is 3. The average molecular weight is 492 g/mol. The second-order valence-corrected chi connectivity index (χ2v) is 8.88. The molecule has 0 spiro atoms. The summed E-state index contributed by atoms with van der Waals surface area (Å²) < 4.78 is 13.9. The quantitative estimate of drug-likeness (QED) is 0.418. The smallest absolute Gasteiger partial charge is 0.258 e. The fraction of sp³-hybridized carbons (Fsp3) is 0.192. The normalized spacial score (nSPS) is 12.4. The van der Waals surface area contributed by atoms with Gasteiger partial charge in [0.2, 0.25) is 5.91 Å². The monoisotopic (exact) mass is 491 g/mol. The van der Waals surface area contributed by atoms with Crippen molar-refractivity contribution in [3.8, 4) is 11.8 Å². The zero-order valence-corrected chi connectivity index (χ0v) is 20.0. The van der Waals surface area contributed by atoms with Crippen LogP contribution in [0, 0.1) is 24.6 Å². The lowest BCUT2D eigenvalue weighted by Gasteiger charge is -2.08. The standard InChI is InChI=1S/C22H17FN4O2.C4H9NS/c1-13-5-8-19(23)18(9-13)22(29)27-17-4-2-3-14(10-17)6-7-15-11-16(21(25)28)12-26-20(15)24;1-3-6-4-2-5-1/h2-5,8-12H,1H3,(H2,24,26)(H2,25,28)(H,27,29);5H,1-4H2. The maximum absolute atomic E-state index is 13.9. The Balaban J connectivity index is 0.000000497. The van der Waals surface area contributed by atoms with Gasteiger partial charge in [0.1, 0.15) is 11.6 Å². The zero-order valence-electron chi connectivity index (χ0n) is 19.2. The summed E-state index contributed by atoms with van der Waals surface area (Å²) in [6.45, 7) is 4.20. The van der Waals surface area contributed by atoms with Crippen LogP contribution >= 0.6 is 11.8 Å². The summed E-state index contributed by atoms with van der Waals surface area (Å²) in [7, 11) is 0. The largest absolute Gasteiger partial charge is 0.383 e. The minimum atomic E-state index is -0.631. The van der Waals surface area contributed by atoms with E-state index < -0.39 is 17.6 Å². The predicted octanol–water partition coefficient (Wildman–Crippen LogP) is 3.19. The highest BCUT2D eigenvalue weighted by Gasteiger charge is 2.12. The predicted molar refractivity (Wildman–Crippen MR) is 139 cm³/mol. The Hall–Kier alpha value is -3.87. The fourth-order valence-corrected chi connectivity index (χ4v) is 3.83. The van der Waals surface area contributed by atoms with E-state index in [-0.39, 0.29) is 16.9 Å². The van der Waals surface area contributed by atoms with Gasteiger partial charge in [-0.3, -0.25) is 9.59 Å². The molecule has 6 N–H and O–H groups in total. The number of amides is 2. The van der Waals surface area contributed by atoms with Gasteiger partial charge < -0.3 is 22.1 Å². The Kier molecular flexibility index (Phi) is 9.23. The molecule has 0 radical (unpaired) electrons.